The largest absolute Gasteiger partial charge is 0.452 e. The highest BCUT2D eigenvalue weighted by molar-refractivity contribution is 5.98. The Morgan fingerprint density at radius 2 is 1.95 bits per heavy atom. The number of morpholine rings is 1. The lowest BCUT2D eigenvalue weighted by Gasteiger charge is -2.70. The molecule has 3 aliphatic heterocycles. The number of hydrogen-bond donors (Lipinski definition) is 2. The van der Waals surface area contributed by atoms with Gasteiger partial charge in [-0.2, -0.15) is 5.10 Å². The predicted octanol–water partition coefficient (Wildman–Crippen LogP) is 3.44. The van der Waals surface area contributed by atoms with Crippen molar-refractivity contribution in [2.24, 2.45) is 45.5 Å². The topological polar surface area (TPSA) is 123 Å². The van der Waals surface area contributed by atoms with Crippen LogP contribution in [0.3, 0.4) is 0 Å². The average Bonchev–Trinajstić information content (AvgIpc) is 3.28. The van der Waals surface area contributed by atoms with E-state index in [0.717, 1.165) is 25.0 Å². The molecule has 3 saturated carbocycles. The minimum absolute atomic E-state index is 0.00405. The van der Waals surface area contributed by atoms with Crippen LogP contribution < -0.4 is 5.32 Å². The van der Waals surface area contributed by atoms with Gasteiger partial charge in [-0.05, 0) is 56.6 Å². The minimum atomic E-state index is -0.633. The molecule has 11 atom stereocenters. The number of fused-ring (bicyclic) bond motifs is 3. The van der Waals surface area contributed by atoms with Gasteiger partial charge in [-0.3, -0.25) is 14.8 Å². The summed E-state index contributed by atoms with van der Waals surface area (Å²) in [5.74, 6) is -0.250. The van der Waals surface area contributed by atoms with Gasteiger partial charge in [0.25, 0.3) is 0 Å². The van der Waals surface area contributed by atoms with Gasteiger partial charge >= 0.3 is 5.97 Å². The van der Waals surface area contributed by atoms with E-state index < -0.39 is 29.2 Å². The first-order chi connectivity index (χ1) is 21.0. The van der Waals surface area contributed by atoms with E-state index in [2.05, 4.69) is 49.9 Å². The summed E-state index contributed by atoms with van der Waals surface area (Å²) in [6, 6.07) is 3.45. The Morgan fingerprint density at radius 3 is 2.68 bits per heavy atom. The molecule has 3 saturated heterocycles. The zero-order chi connectivity index (χ0) is 31.0. The van der Waals surface area contributed by atoms with E-state index >= 15 is 0 Å². The molecule has 0 bridgehead atoms. The molecule has 1 amide bonds. The third-order valence-electron chi connectivity index (χ3n) is 12.8. The van der Waals surface area contributed by atoms with Crippen LogP contribution in [0, 0.1) is 40.4 Å². The van der Waals surface area contributed by atoms with E-state index in [1.165, 1.54) is 0 Å². The number of esters is 1. The molecule has 6 fully saturated rings. The highest BCUT2D eigenvalue weighted by Gasteiger charge is 2.72. The van der Waals surface area contributed by atoms with Gasteiger partial charge < -0.3 is 24.6 Å². The minimum Gasteiger partial charge on any atom is -0.452 e. The second kappa shape index (κ2) is 10.8. The van der Waals surface area contributed by atoms with E-state index in [9.17, 15) is 14.7 Å². The van der Waals surface area contributed by atoms with E-state index in [1.807, 2.05) is 0 Å². The zero-order valence-electron chi connectivity index (χ0n) is 26.7. The van der Waals surface area contributed by atoms with Gasteiger partial charge in [-0.15, -0.1) is 0 Å². The third kappa shape index (κ3) is 4.45. The molecule has 3 aliphatic carbocycles. The number of carbonyl (C=O) groups is 2. The van der Waals surface area contributed by atoms with Crippen molar-refractivity contribution in [2.45, 2.75) is 96.7 Å². The van der Waals surface area contributed by atoms with Crippen LogP contribution in [0.2, 0.25) is 0 Å². The van der Waals surface area contributed by atoms with Crippen molar-refractivity contribution in [3.05, 3.63) is 30.1 Å². The summed E-state index contributed by atoms with van der Waals surface area (Å²) in [4.78, 5) is 30.8. The predicted molar refractivity (Wildman–Crippen MR) is 163 cm³/mol. The molecular weight excluding hydrogens is 560 g/mol. The highest BCUT2D eigenvalue weighted by Crippen LogP contribution is 2.68. The number of rotatable bonds is 3. The fourth-order valence-corrected chi connectivity index (χ4v) is 10.3. The van der Waals surface area contributed by atoms with E-state index in [4.69, 9.17) is 19.3 Å². The fourth-order valence-electron chi connectivity index (χ4n) is 10.3. The summed E-state index contributed by atoms with van der Waals surface area (Å²) in [6.07, 6.45) is 5.54. The smallest absolute Gasteiger partial charge is 0.340 e. The quantitative estimate of drug-likeness (QED) is 0.501. The normalized spacial score (nSPS) is 45.4. The summed E-state index contributed by atoms with van der Waals surface area (Å²) >= 11 is 0. The van der Waals surface area contributed by atoms with Crippen molar-refractivity contribution in [3.8, 4) is 0 Å². The first-order valence-corrected chi connectivity index (χ1v) is 16.6. The van der Waals surface area contributed by atoms with Gasteiger partial charge in [0, 0.05) is 53.4 Å². The number of aliphatic hydroxyl groups is 1. The highest BCUT2D eigenvalue weighted by atomic mass is 16.6. The summed E-state index contributed by atoms with van der Waals surface area (Å²) < 4.78 is 19.7. The van der Waals surface area contributed by atoms with Crippen LogP contribution in [0.15, 0.2) is 29.6 Å². The zero-order valence-corrected chi connectivity index (χ0v) is 26.7. The second-order valence-electron chi connectivity index (χ2n) is 15.2. The Bertz CT molecular complexity index is 1320. The molecule has 1 aromatic rings. The number of aromatic nitrogens is 1. The van der Waals surface area contributed by atoms with Crippen LogP contribution in [0.5, 0.6) is 0 Å². The number of ether oxygens (including phenoxy) is 3. The number of hydrogen-bond acceptors (Lipinski definition) is 9. The Kier molecular flexibility index (Phi) is 7.37. The molecular formula is C34H48N4O6. The number of nitrogens with one attached hydrogen (secondary N) is 1. The van der Waals surface area contributed by atoms with Gasteiger partial charge in [0.15, 0.2) is 0 Å². The van der Waals surface area contributed by atoms with Crippen molar-refractivity contribution < 1.29 is 28.9 Å². The molecule has 4 heterocycles. The fraction of sp³-hybridized carbons (Fsp3) is 0.765. The van der Waals surface area contributed by atoms with Crippen molar-refractivity contribution in [1.82, 2.24) is 15.3 Å². The third-order valence-corrected chi connectivity index (χ3v) is 12.8. The van der Waals surface area contributed by atoms with Crippen LogP contribution >= 0.6 is 0 Å². The van der Waals surface area contributed by atoms with Crippen molar-refractivity contribution in [3.63, 3.8) is 0 Å². The Morgan fingerprint density at radius 1 is 1.18 bits per heavy atom. The molecule has 1 aromatic heterocycles. The van der Waals surface area contributed by atoms with Gasteiger partial charge in [0.2, 0.25) is 5.91 Å². The van der Waals surface area contributed by atoms with Crippen LogP contribution in [-0.4, -0.2) is 88.9 Å². The van der Waals surface area contributed by atoms with Gasteiger partial charge in [-0.25, -0.2) is 4.79 Å². The van der Waals surface area contributed by atoms with E-state index in [-0.39, 0.29) is 47.1 Å². The average molecular weight is 609 g/mol. The molecule has 10 heteroatoms. The van der Waals surface area contributed by atoms with E-state index in [1.54, 1.807) is 24.5 Å². The first kappa shape index (κ1) is 30.1. The lowest BCUT2D eigenvalue weighted by Crippen LogP contribution is -2.75. The van der Waals surface area contributed by atoms with Gasteiger partial charge in [0.1, 0.15) is 6.10 Å². The molecule has 0 aromatic carbocycles. The number of hydrazone groups is 1. The lowest BCUT2D eigenvalue weighted by atomic mass is 9.42. The number of nitrogens with zero attached hydrogens (tertiary/aromatic N) is 3. The van der Waals surface area contributed by atoms with Crippen LogP contribution in [0.1, 0.15) is 77.1 Å². The standard InChI is InChI=1S/C34H48N4O6/c1-19-8-9-26-32(3,4)29(37-38-11-13-42-14-12-38)25(43-31(41)21-7-6-10-35-18-21)17-34(26)33(19,5)16-23-24(39)15-22-27(28(23)44-34)20(2)36-30(22)40/h6-7,10,18-20,22-28,39H,8-9,11-17H2,1-5H3,(H,36,40). The number of pyridine rings is 1. The molecule has 10 nitrogen and oxygen atoms in total. The van der Waals surface area contributed by atoms with Crippen LogP contribution in [0.25, 0.3) is 0 Å². The molecule has 7 rings (SSSR count). The molecule has 2 N–H and O–H groups in total. The van der Waals surface area contributed by atoms with Crippen molar-refractivity contribution >= 4 is 17.6 Å². The van der Waals surface area contributed by atoms with Gasteiger partial charge in [-0.1, -0.05) is 27.7 Å². The maximum absolute atomic E-state index is 13.7. The van der Waals surface area contributed by atoms with Crippen LogP contribution in [0.4, 0.5) is 0 Å². The maximum Gasteiger partial charge on any atom is 0.340 e. The number of amides is 1. The maximum atomic E-state index is 13.7. The molecule has 240 valence electrons. The Hall–Kier alpha value is -2.56. The molecule has 0 radical (unpaired) electrons. The number of aliphatic hydroxyl groups excluding tert-OH is 1. The number of carbonyl (C=O) groups excluding carboxylic acids is 2. The first-order valence-electron chi connectivity index (χ1n) is 16.6. The Balaban J connectivity index is 1.33. The van der Waals surface area contributed by atoms with E-state index in [0.29, 0.717) is 50.6 Å². The van der Waals surface area contributed by atoms with Gasteiger partial charge in [0.05, 0.1) is 55.4 Å². The second-order valence-corrected chi connectivity index (χ2v) is 15.2. The summed E-state index contributed by atoms with van der Waals surface area (Å²) in [7, 11) is 0. The van der Waals surface area contributed by atoms with Crippen molar-refractivity contribution in [2.75, 3.05) is 26.3 Å². The van der Waals surface area contributed by atoms with Crippen molar-refractivity contribution in [1.29, 1.82) is 0 Å². The molecule has 11 unspecified atom stereocenters. The summed E-state index contributed by atoms with van der Waals surface area (Å²) in [5.41, 5.74) is -0.0747. The lowest BCUT2D eigenvalue weighted by molar-refractivity contribution is -0.325. The SMILES string of the molecule is CC1NC(=O)C2CC(O)C3CC4(C)C(C)CCC5C(C)(C)C(=NN6CCOCC6)C(OC(=O)c6cccnc6)CC54OC3C12. The molecule has 1 spiro atoms. The Labute approximate surface area is 260 Å². The monoisotopic (exact) mass is 608 g/mol. The summed E-state index contributed by atoms with van der Waals surface area (Å²) in [6.45, 7) is 13.8. The molecule has 6 aliphatic rings. The van der Waals surface area contributed by atoms with Crippen LogP contribution in [-0.2, 0) is 19.0 Å². The summed E-state index contributed by atoms with van der Waals surface area (Å²) in [5, 5.41) is 21.9. The molecule has 44 heavy (non-hydrogen) atoms.